The normalized spacial score (nSPS) is 10.9. The number of aromatic nitrogens is 5. The third kappa shape index (κ3) is 2.20. The van der Waals surface area contributed by atoms with Crippen LogP contribution in [-0.2, 0) is 6.42 Å². The van der Waals surface area contributed by atoms with Crippen LogP contribution in [0.2, 0.25) is 0 Å². The van der Waals surface area contributed by atoms with Gasteiger partial charge in [0.1, 0.15) is 17.2 Å². The molecule has 0 aliphatic rings. The summed E-state index contributed by atoms with van der Waals surface area (Å²) >= 11 is 1.50. The monoisotopic (exact) mass is 286 g/mol. The largest absolute Gasteiger partial charge is 0.373 e. The zero-order chi connectivity index (χ0) is 13.9. The number of hydrogen-bond donors (Lipinski definition) is 1. The van der Waals surface area contributed by atoms with Crippen LogP contribution in [0.4, 0.5) is 5.82 Å². The van der Waals surface area contributed by atoms with Crippen LogP contribution in [0.25, 0.3) is 5.65 Å². The van der Waals surface area contributed by atoms with Crippen molar-refractivity contribution in [2.75, 3.05) is 12.4 Å². The van der Waals surface area contributed by atoms with E-state index in [2.05, 4.69) is 32.4 Å². The van der Waals surface area contributed by atoms with Gasteiger partial charge in [-0.2, -0.15) is 0 Å². The van der Waals surface area contributed by atoms with Crippen molar-refractivity contribution in [1.29, 1.82) is 0 Å². The molecule has 7 heteroatoms. The lowest BCUT2D eigenvalue weighted by atomic mass is 10.2. The maximum Gasteiger partial charge on any atom is 0.201 e. The second-order valence-electron chi connectivity index (χ2n) is 4.12. The highest BCUT2D eigenvalue weighted by atomic mass is 32.2. The molecule has 102 valence electrons. The number of hydrogen-bond acceptors (Lipinski definition) is 6. The van der Waals surface area contributed by atoms with E-state index in [9.17, 15) is 0 Å². The molecule has 3 rings (SSSR count). The minimum absolute atomic E-state index is 0.802. The lowest BCUT2D eigenvalue weighted by Crippen LogP contribution is -2.01. The smallest absolute Gasteiger partial charge is 0.201 e. The molecule has 0 saturated heterocycles. The average Bonchev–Trinajstić information content (AvgIpc) is 2.90. The molecule has 0 unspecified atom stereocenters. The molecule has 0 saturated carbocycles. The summed E-state index contributed by atoms with van der Waals surface area (Å²) in [4.78, 5) is 8.61. The van der Waals surface area contributed by atoms with E-state index in [4.69, 9.17) is 0 Å². The first-order chi connectivity index (χ1) is 9.83. The minimum atomic E-state index is 0.802. The van der Waals surface area contributed by atoms with Gasteiger partial charge in [-0.3, -0.25) is 4.40 Å². The van der Waals surface area contributed by atoms with Gasteiger partial charge in [0, 0.05) is 18.8 Å². The van der Waals surface area contributed by atoms with Crippen LogP contribution in [0, 0.1) is 0 Å². The van der Waals surface area contributed by atoms with Crippen molar-refractivity contribution in [3.63, 3.8) is 0 Å². The fourth-order valence-corrected chi connectivity index (χ4v) is 2.97. The summed E-state index contributed by atoms with van der Waals surface area (Å²) in [5.74, 6) is 0.860. The highest BCUT2D eigenvalue weighted by Crippen LogP contribution is 2.30. The summed E-state index contributed by atoms with van der Waals surface area (Å²) in [6.07, 6.45) is 4.37. The fraction of sp³-hybridized carbons (Fsp3) is 0.231. The maximum atomic E-state index is 4.37. The van der Waals surface area contributed by atoms with Gasteiger partial charge in [-0.05, 0) is 30.3 Å². The molecule has 0 fully saturated rings. The van der Waals surface area contributed by atoms with Crippen LogP contribution in [0.15, 0.2) is 40.9 Å². The Labute approximate surface area is 120 Å². The standard InChI is InChI=1S/C13H14N6S/c1-3-9-11(14-2)15-8-16-12(9)20-13-18-17-10-6-4-5-7-19(10)13/h4-8H,3H2,1-2H3,(H,14,15,16). The van der Waals surface area contributed by atoms with E-state index in [0.717, 1.165) is 33.6 Å². The Kier molecular flexibility index (Phi) is 3.51. The Balaban J connectivity index is 2.03. The van der Waals surface area contributed by atoms with E-state index in [-0.39, 0.29) is 0 Å². The van der Waals surface area contributed by atoms with Gasteiger partial charge in [-0.1, -0.05) is 13.0 Å². The molecule has 3 aromatic heterocycles. The molecule has 0 radical (unpaired) electrons. The first-order valence-corrected chi connectivity index (χ1v) is 7.14. The van der Waals surface area contributed by atoms with E-state index in [1.165, 1.54) is 11.8 Å². The molecule has 20 heavy (non-hydrogen) atoms. The first kappa shape index (κ1) is 12.9. The molecule has 0 atom stereocenters. The van der Waals surface area contributed by atoms with Gasteiger partial charge in [0.15, 0.2) is 5.65 Å². The number of rotatable bonds is 4. The van der Waals surface area contributed by atoms with Crippen LogP contribution in [0.5, 0.6) is 0 Å². The van der Waals surface area contributed by atoms with Crippen LogP contribution >= 0.6 is 11.8 Å². The molecular formula is C13H14N6S. The molecule has 0 spiro atoms. The molecule has 0 bridgehead atoms. The lowest BCUT2D eigenvalue weighted by Gasteiger charge is -2.09. The van der Waals surface area contributed by atoms with E-state index >= 15 is 0 Å². The van der Waals surface area contributed by atoms with Crippen LogP contribution in [-0.4, -0.2) is 31.6 Å². The second kappa shape index (κ2) is 5.46. The van der Waals surface area contributed by atoms with Crippen molar-refractivity contribution in [2.45, 2.75) is 23.5 Å². The summed E-state index contributed by atoms with van der Waals surface area (Å²) in [6.45, 7) is 2.09. The molecule has 1 N–H and O–H groups in total. The Bertz CT molecular complexity index is 739. The Morgan fingerprint density at radius 2 is 2.15 bits per heavy atom. The van der Waals surface area contributed by atoms with E-state index in [0.29, 0.717) is 0 Å². The molecular weight excluding hydrogens is 272 g/mol. The summed E-state index contributed by atoms with van der Waals surface area (Å²) in [5.41, 5.74) is 1.92. The van der Waals surface area contributed by atoms with Crippen molar-refractivity contribution in [1.82, 2.24) is 24.6 Å². The molecule has 0 aromatic carbocycles. The number of pyridine rings is 1. The van der Waals surface area contributed by atoms with E-state index in [1.54, 1.807) is 6.33 Å². The zero-order valence-corrected chi connectivity index (χ0v) is 12.1. The highest BCUT2D eigenvalue weighted by Gasteiger charge is 2.13. The summed E-state index contributed by atoms with van der Waals surface area (Å²) in [6, 6.07) is 5.83. The predicted octanol–water partition coefficient (Wildman–Crippen LogP) is 2.27. The Morgan fingerprint density at radius 3 is 2.95 bits per heavy atom. The fourth-order valence-electron chi connectivity index (χ4n) is 1.99. The van der Waals surface area contributed by atoms with Gasteiger partial charge in [0.05, 0.1) is 0 Å². The zero-order valence-electron chi connectivity index (χ0n) is 11.2. The Hall–Kier alpha value is -2.15. The van der Waals surface area contributed by atoms with Gasteiger partial charge in [-0.25, -0.2) is 9.97 Å². The predicted molar refractivity (Wildman–Crippen MR) is 78.1 cm³/mol. The van der Waals surface area contributed by atoms with Gasteiger partial charge >= 0.3 is 0 Å². The summed E-state index contributed by atoms with van der Waals surface area (Å²) < 4.78 is 1.95. The number of nitrogens with one attached hydrogen (secondary N) is 1. The van der Waals surface area contributed by atoms with Gasteiger partial charge in [-0.15, -0.1) is 10.2 Å². The summed E-state index contributed by atoms with van der Waals surface area (Å²) in [7, 11) is 1.86. The third-order valence-corrected chi connectivity index (χ3v) is 3.97. The van der Waals surface area contributed by atoms with Crippen molar-refractivity contribution < 1.29 is 0 Å². The number of anilines is 1. The SMILES string of the molecule is CCc1c(NC)ncnc1Sc1nnc2ccccn12. The van der Waals surface area contributed by atoms with Crippen LogP contribution < -0.4 is 5.32 Å². The molecule has 6 nitrogen and oxygen atoms in total. The van der Waals surface area contributed by atoms with Crippen molar-refractivity contribution in [3.05, 3.63) is 36.3 Å². The van der Waals surface area contributed by atoms with Crippen LogP contribution in [0.1, 0.15) is 12.5 Å². The van der Waals surface area contributed by atoms with Crippen molar-refractivity contribution >= 4 is 23.2 Å². The summed E-state index contributed by atoms with van der Waals surface area (Å²) in [5, 5.41) is 13.2. The topological polar surface area (TPSA) is 68.0 Å². The second-order valence-corrected chi connectivity index (χ2v) is 5.08. The first-order valence-electron chi connectivity index (χ1n) is 6.32. The molecule has 3 aromatic rings. The maximum absolute atomic E-state index is 4.37. The molecule has 0 aliphatic carbocycles. The van der Waals surface area contributed by atoms with Gasteiger partial charge in [0.2, 0.25) is 5.16 Å². The third-order valence-electron chi connectivity index (χ3n) is 2.97. The number of nitrogens with zero attached hydrogens (tertiary/aromatic N) is 5. The van der Waals surface area contributed by atoms with E-state index in [1.807, 2.05) is 35.8 Å². The van der Waals surface area contributed by atoms with Crippen molar-refractivity contribution in [2.24, 2.45) is 0 Å². The Morgan fingerprint density at radius 1 is 1.25 bits per heavy atom. The molecule has 3 heterocycles. The molecule has 0 amide bonds. The average molecular weight is 286 g/mol. The minimum Gasteiger partial charge on any atom is -0.373 e. The van der Waals surface area contributed by atoms with E-state index < -0.39 is 0 Å². The van der Waals surface area contributed by atoms with Crippen molar-refractivity contribution in [3.8, 4) is 0 Å². The molecule has 0 aliphatic heterocycles. The van der Waals surface area contributed by atoms with Gasteiger partial charge in [0.25, 0.3) is 0 Å². The van der Waals surface area contributed by atoms with Crippen LogP contribution in [0.3, 0.4) is 0 Å². The van der Waals surface area contributed by atoms with Gasteiger partial charge < -0.3 is 5.32 Å². The quantitative estimate of drug-likeness (QED) is 0.742. The highest BCUT2D eigenvalue weighted by molar-refractivity contribution is 7.99. The number of fused-ring (bicyclic) bond motifs is 1. The lowest BCUT2D eigenvalue weighted by molar-refractivity contribution is 0.901.